The van der Waals surface area contributed by atoms with Crippen LogP contribution < -0.4 is 0 Å². The van der Waals surface area contributed by atoms with E-state index < -0.39 is 0 Å². The first-order valence-corrected chi connectivity index (χ1v) is 4.69. The third-order valence-electron chi connectivity index (χ3n) is 2.35. The summed E-state index contributed by atoms with van der Waals surface area (Å²) in [7, 11) is 0. The smallest absolute Gasteiger partial charge is 0.0705 e. The number of hydrogen-bond donors (Lipinski definition) is 0. The zero-order valence-electron chi connectivity index (χ0n) is 6.19. The molecule has 0 nitrogen and oxygen atoms in total. The topological polar surface area (TPSA) is 0 Å². The first-order chi connectivity index (χ1) is 5.21. The molecular formula is C9H10Cl2. The van der Waals surface area contributed by atoms with Gasteiger partial charge in [0.15, 0.2) is 0 Å². The molecule has 2 rings (SSSR count). The number of hydrogen-bond acceptors (Lipinski definition) is 0. The molecule has 0 bridgehead atoms. The van der Waals surface area contributed by atoms with Crippen LogP contribution in [0.5, 0.6) is 0 Å². The van der Waals surface area contributed by atoms with Crippen LogP contribution in [0, 0.1) is 5.92 Å². The lowest BCUT2D eigenvalue weighted by molar-refractivity contribution is 0.609. The molecule has 0 N–H and O–H groups in total. The van der Waals surface area contributed by atoms with Gasteiger partial charge in [-0.3, -0.25) is 0 Å². The van der Waals surface area contributed by atoms with E-state index in [1.54, 1.807) is 0 Å². The fourth-order valence-electron chi connectivity index (χ4n) is 1.53. The van der Waals surface area contributed by atoms with Crippen LogP contribution >= 0.6 is 23.2 Å². The van der Waals surface area contributed by atoms with Crippen molar-refractivity contribution in [3.05, 3.63) is 23.3 Å². The van der Waals surface area contributed by atoms with Gasteiger partial charge in [0.1, 0.15) is 0 Å². The Labute approximate surface area is 76.9 Å². The first kappa shape index (κ1) is 7.70. The highest BCUT2D eigenvalue weighted by Gasteiger charge is 2.42. The van der Waals surface area contributed by atoms with Gasteiger partial charge in [0.05, 0.1) is 4.87 Å². The van der Waals surface area contributed by atoms with Crippen LogP contribution in [0.3, 0.4) is 0 Å². The van der Waals surface area contributed by atoms with Crippen LogP contribution in [0.1, 0.15) is 19.3 Å². The fourth-order valence-corrected chi connectivity index (χ4v) is 2.33. The molecule has 1 atom stereocenters. The monoisotopic (exact) mass is 188 g/mol. The number of halogens is 2. The van der Waals surface area contributed by atoms with Crippen LogP contribution in [0.2, 0.25) is 0 Å². The van der Waals surface area contributed by atoms with Gasteiger partial charge in [-0.1, -0.05) is 23.8 Å². The lowest BCUT2D eigenvalue weighted by Gasteiger charge is -2.24. The van der Waals surface area contributed by atoms with Crippen LogP contribution in [0.15, 0.2) is 23.3 Å². The van der Waals surface area contributed by atoms with Crippen LogP contribution in [0.25, 0.3) is 0 Å². The molecule has 0 aromatic rings. The summed E-state index contributed by atoms with van der Waals surface area (Å²) in [5.41, 5.74) is 0. The van der Waals surface area contributed by atoms with Crippen molar-refractivity contribution in [2.45, 2.75) is 24.1 Å². The Hall–Kier alpha value is 0.0600. The molecule has 0 aliphatic heterocycles. The molecule has 1 fully saturated rings. The minimum atomic E-state index is -0.147. The largest absolute Gasteiger partial charge is 0.114 e. The summed E-state index contributed by atoms with van der Waals surface area (Å²) < 4.78 is 0. The Morgan fingerprint density at radius 1 is 1.45 bits per heavy atom. The Bertz CT molecular complexity index is 226. The van der Waals surface area contributed by atoms with Crippen molar-refractivity contribution in [3.63, 3.8) is 0 Å². The average molecular weight is 189 g/mol. The van der Waals surface area contributed by atoms with Gasteiger partial charge in [0.25, 0.3) is 0 Å². The van der Waals surface area contributed by atoms with Crippen molar-refractivity contribution >= 4 is 23.2 Å². The second kappa shape index (κ2) is 2.53. The molecule has 0 saturated heterocycles. The van der Waals surface area contributed by atoms with Gasteiger partial charge in [0.2, 0.25) is 0 Å². The van der Waals surface area contributed by atoms with Gasteiger partial charge in [-0.2, -0.15) is 0 Å². The molecule has 0 amide bonds. The molecule has 1 unspecified atom stereocenters. The highest BCUT2D eigenvalue weighted by molar-refractivity contribution is 6.32. The van der Waals surface area contributed by atoms with Gasteiger partial charge in [-0.25, -0.2) is 0 Å². The molecule has 2 aliphatic carbocycles. The van der Waals surface area contributed by atoms with Crippen molar-refractivity contribution in [3.8, 4) is 0 Å². The summed E-state index contributed by atoms with van der Waals surface area (Å²) in [5.74, 6) is 0.669. The summed E-state index contributed by atoms with van der Waals surface area (Å²) in [6.07, 6.45) is 9.31. The van der Waals surface area contributed by atoms with Crippen molar-refractivity contribution in [1.29, 1.82) is 0 Å². The van der Waals surface area contributed by atoms with Gasteiger partial charge in [0, 0.05) is 11.5 Å². The number of rotatable bonds is 1. The van der Waals surface area contributed by atoms with E-state index in [4.69, 9.17) is 23.2 Å². The summed E-state index contributed by atoms with van der Waals surface area (Å²) in [6.45, 7) is 0. The zero-order chi connectivity index (χ0) is 7.90. The van der Waals surface area contributed by atoms with E-state index >= 15 is 0 Å². The van der Waals surface area contributed by atoms with Crippen LogP contribution in [-0.4, -0.2) is 4.87 Å². The summed E-state index contributed by atoms with van der Waals surface area (Å²) in [4.78, 5) is -0.147. The number of alkyl halides is 1. The van der Waals surface area contributed by atoms with E-state index in [1.807, 2.05) is 12.2 Å². The maximum atomic E-state index is 6.36. The molecule has 0 spiro atoms. The molecule has 0 radical (unpaired) electrons. The second-order valence-electron chi connectivity index (χ2n) is 3.35. The predicted molar refractivity (Wildman–Crippen MR) is 49.0 cm³/mol. The van der Waals surface area contributed by atoms with E-state index in [2.05, 4.69) is 6.08 Å². The Kier molecular flexibility index (Phi) is 1.77. The molecule has 0 aromatic heterocycles. The average Bonchev–Trinajstić information content (AvgIpc) is 2.66. The lowest BCUT2D eigenvalue weighted by atomic mass is 9.94. The van der Waals surface area contributed by atoms with Crippen LogP contribution in [0.4, 0.5) is 0 Å². The van der Waals surface area contributed by atoms with Gasteiger partial charge < -0.3 is 0 Å². The molecule has 11 heavy (non-hydrogen) atoms. The van der Waals surface area contributed by atoms with E-state index in [0.29, 0.717) is 5.92 Å². The van der Waals surface area contributed by atoms with Gasteiger partial charge in [-0.05, 0) is 24.8 Å². The lowest BCUT2D eigenvalue weighted by Crippen LogP contribution is -2.22. The summed E-state index contributed by atoms with van der Waals surface area (Å²) in [6, 6.07) is 0. The molecule has 0 aromatic carbocycles. The maximum absolute atomic E-state index is 6.36. The SMILES string of the molecule is ClC1=CC=CC(Cl)(C2CC2)C1. The van der Waals surface area contributed by atoms with E-state index in [0.717, 1.165) is 11.5 Å². The molecule has 2 heteroatoms. The zero-order valence-corrected chi connectivity index (χ0v) is 7.70. The summed E-state index contributed by atoms with van der Waals surface area (Å²) in [5, 5.41) is 0.884. The van der Waals surface area contributed by atoms with Crippen molar-refractivity contribution in [2.75, 3.05) is 0 Å². The highest BCUT2D eigenvalue weighted by atomic mass is 35.5. The molecule has 1 saturated carbocycles. The van der Waals surface area contributed by atoms with E-state index in [-0.39, 0.29) is 4.87 Å². The molecule has 2 aliphatic rings. The first-order valence-electron chi connectivity index (χ1n) is 3.93. The predicted octanol–water partition coefficient (Wildman–Crippen LogP) is 3.46. The van der Waals surface area contributed by atoms with Gasteiger partial charge in [-0.15, -0.1) is 11.6 Å². The van der Waals surface area contributed by atoms with E-state index in [9.17, 15) is 0 Å². The van der Waals surface area contributed by atoms with Crippen molar-refractivity contribution < 1.29 is 0 Å². The minimum Gasteiger partial charge on any atom is -0.114 e. The standard InChI is InChI=1S/C9H10Cl2/c10-8-2-1-5-9(11,6-8)7-3-4-7/h1-2,5,7H,3-4,6H2. The van der Waals surface area contributed by atoms with Crippen LogP contribution in [-0.2, 0) is 0 Å². The Morgan fingerprint density at radius 3 is 2.73 bits per heavy atom. The Morgan fingerprint density at radius 2 is 2.18 bits per heavy atom. The molecular weight excluding hydrogens is 179 g/mol. The number of allylic oxidation sites excluding steroid dienone is 4. The third-order valence-corrected chi connectivity index (χ3v) is 3.17. The third kappa shape index (κ3) is 1.47. The fraction of sp³-hybridized carbons (Fsp3) is 0.556. The maximum Gasteiger partial charge on any atom is 0.0705 e. The van der Waals surface area contributed by atoms with Crippen molar-refractivity contribution in [2.24, 2.45) is 5.92 Å². The van der Waals surface area contributed by atoms with Gasteiger partial charge >= 0.3 is 0 Å². The minimum absolute atomic E-state index is 0.147. The van der Waals surface area contributed by atoms with Crippen molar-refractivity contribution in [1.82, 2.24) is 0 Å². The normalized spacial score (nSPS) is 37.1. The highest BCUT2D eigenvalue weighted by Crippen LogP contribution is 2.49. The quantitative estimate of drug-likeness (QED) is 0.554. The summed E-state index contributed by atoms with van der Waals surface area (Å²) >= 11 is 12.3. The Balaban J connectivity index is 2.16. The van der Waals surface area contributed by atoms with E-state index in [1.165, 1.54) is 12.8 Å². The second-order valence-corrected chi connectivity index (χ2v) is 4.54. The molecule has 60 valence electrons. The molecule has 0 heterocycles.